The minimum atomic E-state index is -0.528. The number of ether oxygens (including phenoxy) is 1. The number of nitrogens with zero attached hydrogens (tertiary/aromatic N) is 1. The van der Waals surface area contributed by atoms with Crippen molar-refractivity contribution in [2.24, 2.45) is 23.7 Å². The van der Waals surface area contributed by atoms with Gasteiger partial charge in [-0.15, -0.1) is 0 Å². The number of carbonyl (C=O) groups is 3. The van der Waals surface area contributed by atoms with Gasteiger partial charge in [0, 0.05) is 4.47 Å². The Bertz CT molecular complexity index is 958. The molecule has 0 unspecified atom stereocenters. The number of para-hydroxylation sites is 2. The van der Waals surface area contributed by atoms with Gasteiger partial charge in [-0.1, -0.05) is 28.1 Å². The van der Waals surface area contributed by atoms with Crippen molar-refractivity contribution in [2.75, 3.05) is 4.90 Å². The van der Waals surface area contributed by atoms with Gasteiger partial charge in [0.05, 0.1) is 23.1 Å². The van der Waals surface area contributed by atoms with E-state index in [9.17, 15) is 14.4 Å². The maximum Gasteiger partial charge on any atom is 0.343 e. The Balaban J connectivity index is 1.46. The van der Waals surface area contributed by atoms with Crippen molar-refractivity contribution in [1.29, 1.82) is 0 Å². The van der Waals surface area contributed by atoms with Crippen molar-refractivity contribution in [3.63, 3.8) is 0 Å². The van der Waals surface area contributed by atoms with Gasteiger partial charge in [-0.05, 0) is 67.5 Å². The van der Waals surface area contributed by atoms with E-state index in [2.05, 4.69) is 15.9 Å². The maximum absolute atomic E-state index is 13.1. The number of hydrogen-bond acceptors (Lipinski definition) is 4. The zero-order valence-electron chi connectivity index (χ0n) is 15.0. The van der Waals surface area contributed by atoms with E-state index in [0.29, 0.717) is 23.1 Å². The molecule has 6 heteroatoms. The molecule has 5 nitrogen and oxygen atoms in total. The molecule has 1 heterocycles. The van der Waals surface area contributed by atoms with Crippen molar-refractivity contribution >= 4 is 39.4 Å². The Morgan fingerprint density at radius 1 is 0.929 bits per heavy atom. The number of imide groups is 1. The Hall–Kier alpha value is -2.47. The quantitative estimate of drug-likeness (QED) is 0.408. The molecule has 0 radical (unpaired) electrons. The van der Waals surface area contributed by atoms with E-state index in [0.717, 1.165) is 23.7 Å². The topological polar surface area (TPSA) is 63.7 Å². The SMILES string of the molecule is O=C(Oc1ccccc1N1C(=O)[C@H]2[C@@H]3CC[C@H](C3)[C@@H]2C1=O)c1ccc(Br)cc1. The van der Waals surface area contributed by atoms with Gasteiger partial charge in [-0.2, -0.15) is 0 Å². The van der Waals surface area contributed by atoms with Gasteiger partial charge in [0.2, 0.25) is 11.8 Å². The summed E-state index contributed by atoms with van der Waals surface area (Å²) in [5.74, 6) is -0.377. The Labute approximate surface area is 170 Å². The van der Waals surface area contributed by atoms with E-state index in [1.807, 2.05) is 0 Å². The molecule has 0 aromatic heterocycles. The number of amides is 2. The zero-order chi connectivity index (χ0) is 19.4. The molecular formula is C22H18BrNO4. The number of fused-ring (bicyclic) bond motifs is 5. The number of benzene rings is 2. The third-order valence-electron chi connectivity index (χ3n) is 6.32. The Morgan fingerprint density at radius 2 is 1.54 bits per heavy atom. The molecule has 1 saturated heterocycles. The number of anilines is 1. The van der Waals surface area contributed by atoms with Gasteiger partial charge < -0.3 is 4.74 Å². The predicted molar refractivity (Wildman–Crippen MR) is 106 cm³/mol. The van der Waals surface area contributed by atoms with Gasteiger partial charge in [-0.25, -0.2) is 9.69 Å². The highest BCUT2D eigenvalue weighted by Crippen LogP contribution is 2.57. The highest BCUT2D eigenvalue weighted by atomic mass is 79.9. The monoisotopic (exact) mass is 439 g/mol. The summed E-state index contributed by atoms with van der Waals surface area (Å²) in [6, 6.07) is 13.6. The fourth-order valence-electron chi connectivity index (χ4n) is 5.12. The third kappa shape index (κ3) is 2.62. The molecule has 0 spiro atoms. The summed E-state index contributed by atoms with van der Waals surface area (Å²) < 4.78 is 6.43. The van der Waals surface area contributed by atoms with Crippen LogP contribution in [-0.4, -0.2) is 17.8 Å². The first-order chi connectivity index (χ1) is 13.5. The first-order valence-electron chi connectivity index (χ1n) is 9.49. The van der Waals surface area contributed by atoms with E-state index in [1.54, 1.807) is 48.5 Å². The van der Waals surface area contributed by atoms with E-state index < -0.39 is 5.97 Å². The molecule has 5 rings (SSSR count). The standard InChI is InChI=1S/C22H18BrNO4/c23-15-9-7-12(8-10-15)22(27)28-17-4-2-1-3-16(17)24-20(25)18-13-5-6-14(11-13)19(18)21(24)26/h1-4,7-10,13-14,18-19H,5-6,11H2/t13-,14-,18+,19+/m1/s1. The van der Waals surface area contributed by atoms with Crippen molar-refractivity contribution in [2.45, 2.75) is 19.3 Å². The second-order valence-corrected chi connectivity index (χ2v) is 8.68. The van der Waals surface area contributed by atoms with Gasteiger partial charge in [0.15, 0.2) is 5.75 Å². The minimum absolute atomic E-state index is 0.144. The molecule has 2 aromatic carbocycles. The summed E-state index contributed by atoms with van der Waals surface area (Å²) in [6.45, 7) is 0. The number of rotatable bonds is 3. The van der Waals surface area contributed by atoms with Gasteiger partial charge in [-0.3, -0.25) is 9.59 Å². The highest BCUT2D eigenvalue weighted by Gasteiger charge is 2.61. The number of carbonyl (C=O) groups excluding carboxylic acids is 3. The van der Waals surface area contributed by atoms with Crippen LogP contribution in [0.4, 0.5) is 5.69 Å². The molecule has 0 N–H and O–H groups in total. The predicted octanol–water partition coefficient (Wildman–Crippen LogP) is 4.20. The molecule has 2 aliphatic carbocycles. The average molecular weight is 440 g/mol. The van der Waals surface area contributed by atoms with Crippen LogP contribution in [0.15, 0.2) is 53.0 Å². The van der Waals surface area contributed by atoms with Crippen molar-refractivity contribution < 1.29 is 19.1 Å². The lowest BCUT2D eigenvalue weighted by molar-refractivity contribution is -0.123. The van der Waals surface area contributed by atoms with Gasteiger partial charge in [0.25, 0.3) is 0 Å². The summed E-state index contributed by atoms with van der Waals surface area (Å²) in [5, 5.41) is 0. The van der Waals surface area contributed by atoms with Crippen LogP contribution in [0.25, 0.3) is 0 Å². The maximum atomic E-state index is 13.1. The molecule has 2 bridgehead atoms. The molecule has 2 aromatic rings. The van der Waals surface area contributed by atoms with E-state index >= 15 is 0 Å². The smallest absolute Gasteiger partial charge is 0.343 e. The van der Waals surface area contributed by atoms with Crippen LogP contribution in [0.1, 0.15) is 29.6 Å². The van der Waals surface area contributed by atoms with Crippen molar-refractivity contribution in [3.8, 4) is 5.75 Å². The minimum Gasteiger partial charge on any atom is -0.421 e. The van der Waals surface area contributed by atoms with E-state index in [4.69, 9.17) is 4.74 Å². The van der Waals surface area contributed by atoms with Crippen LogP contribution in [0.3, 0.4) is 0 Å². The van der Waals surface area contributed by atoms with Gasteiger partial charge >= 0.3 is 5.97 Å². The second-order valence-electron chi connectivity index (χ2n) is 7.76. The molecule has 3 fully saturated rings. The molecule has 1 aliphatic heterocycles. The summed E-state index contributed by atoms with van der Waals surface area (Å²) in [4.78, 5) is 40.0. The van der Waals surface area contributed by atoms with Crippen molar-refractivity contribution in [1.82, 2.24) is 0 Å². The lowest BCUT2D eigenvalue weighted by Gasteiger charge is -2.20. The van der Waals surface area contributed by atoms with Crippen LogP contribution >= 0.6 is 15.9 Å². The summed E-state index contributed by atoms with van der Waals surface area (Å²) in [6.07, 6.45) is 3.04. The van der Waals surface area contributed by atoms with E-state index in [-0.39, 0.29) is 29.4 Å². The third-order valence-corrected chi connectivity index (χ3v) is 6.84. The summed E-state index contributed by atoms with van der Waals surface area (Å²) in [5.41, 5.74) is 0.753. The molecule has 28 heavy (non-hydrogen) atoms. The molecule has 2 saturated carbocycles. The fraction of sp³-hybridized carbons (Fsp3) is 0.318. The molecule has 142 valence electrons. The first kappa shape index (κ1) is 17.6. The van der Waals surface area contributed by atoms with Crippen LogP contribution in [0, 0.1) is 23.7 Å². The zero-order valence-corrected chi connectivity index (χ0v) is 16.6. The fourth-order valence-corrected chi connectivity index (χ4v) is 5.38. The summed E-state index contributed by atoms with van der Waals surface area (Å²) in [7, 11) is 0. The van der Waals surface area contributed by atoms with Crippen LogP contribution in [0.5, 0.6) is 5.75 Å². The molecule has 3 aliphatic rings. The highest BCUT2D eigenvalue weighted by molar-refractivity contribution is 9.10. The first-order valence-corrected chi connectivity index (χ1v) is 10.3. The molecule has 2 amide bonds. The van der Waals surface area contributed by atoms with Gasteiger partial charge in [0.1, 0.15) is 0 Å². The normalized spacial score (nSPS) is 28.0. The lowest BCUT2D eigenvalue weighted by Crippen LogP contribution is -2.33. The molecular weight excluding hydrogens is 422 g/mol. The van der Waals surface area contributed by atoms with E-state index in [1.165, 1.54) is 4.90 Å². The van der Waals surface area contributed by atoms with Crippen LogP contribution in [-0.2, 0) is 9.59 Å². The number of halogens is 1. The van der Waals surface area contributed by atoms with Crippen molar-refractivity contribution in [3.05, 3.63) is 58.6 Å². The van der Waals surface area contributed by atoms with Crippen LogP contribution < -0.4 is 9.64 Å². The number of hydrogen-bond donors (Lipinski definition) is 0. The Morgan fingerprint density at radius 3 is 2.18 bits per heavy atom. The largest absolute Gasteiger partial charge is 0.421 e. The number of esters is 1. The molecule has 4 atom stereocenters. The summed E-state index contributed by atoms with van der Waals surface area (Å²) >= 11 is 3.34. The second kappa shape index (κ2) is 6.55. The Kier molecular flexibility index (Phi) is 4.12. The van der Waals surface area contributed by atoms with Crippen LogP contribution in [0.2, 0.25) is 0 Å². The lowest BCUT2D eigenvalue weighted by atomic mass is 9.81. The average Bonchev–Trinajstić information content (AvgIpc) is 3.37.